The number of hydrogen-bond acceptors (Lipinski definition) is 2. The number of hydrazine groups is 1. The van der Waals surface area contributed by atoms with Crippen molar-refractivity contribution in [1.82, 2.24) is 5.43 Å². The maximum atomic E-state index is 5.71. The minimum Gasteiger partial charge on any atom is -0.271 e. The van der Waals surface area contributed by atoms with Gasteiger partial charge in [-0.2, -0.15) is 0 Å². The normalized spacial score (nSPS) is 21.7. The third-order valence-electron chi connectivity index (χ3n) is 3.98. The molecular weight excluding hydrogens is 208 g/mol. The summed E-state index contributed by atoms with van der Waals surface area (Å²) < 4.78 is 0. The Kier molecular flexibility index (Phi) is 5.94. The van der Waals surface area contributed by atoms with Crippen molar-refractivity contribution >= 4 is 0 Å². The quantitative estimate of drug-likeness (QED) is 0.546. The second-order valence-electron chi connectivity index (χ2n) is 7.36. The van der Waals surface area contributed by atoms with Crippen LogP contribution in [0.15, 0.2) is 0 Å². The summed E-state index contributed by atoms with van der Waals surface area (Å²) in [6, 6.07) is 0.524. The molecule has 1 aliphatic rings. The first-order valence-corrected chi connectivity index (χ1v) is 7.37. The van der Waals surface area contributed by atoms with Crippen LogP contribution in [0.5, 0.6) is 0 Å². The van der Waals surface area contributed by atoms with E-state index in [0.29, 0.717) is 11.5 Å². The van der Waals surface area contributed by atoms with Crippen molar-refractivity contribution in [1.29, 1.82) is 0 Å². The summed E-state index contributed by atoms with van der Waals surface area (Å²) in [5, 5.41) is 0. The van der Waals surface area contributed by atoms with Crippen LogP contribution in [0.1, 0.15) is 72.6 Å². The molecule has 3 N–H and O–H groups in total. The van der Waals surface area contributed by atoms with Gasteiger partial charge >= 0.3 is 0 Å². The molecule has 0 saturated heterocycles. The van der Waals surface area contributed by atoms with E-state index in [-0.39, 0.29) is 0 Å². The summed E-state index contributed by atoms with van der Waals surface area (Å²) in [6.45, 7) is 9.34. The van der Waals surface area contributed by atoms with Crippen LogP contribution in [0.2, 0.25) is 0 Å². The highest BCUT2D eigenvalue weighted by molar-refractivity contribution is 4.77. The third kappa shape index (κ3) is 6.42. The summed E-state index contributed by atoms with van der Waals surface area (Å²) >= 11 is 0. The van der Waals surface area contributed by atoms with Crippen LogP contribution >= 0.6 is 0 Å². The van der Waals surface area contributed by atoms with Gasteiger partial charge < -0.3 is 0 Å². The average Bonchev–Trinajstić information content (AvgIpc) is 2.66. The SMILES string of the molecule is CC(CC(CC1CCCC1)NN)CC(C)(C)C. The topological polar surface area (TPSA) is 38.0 Å². The molecule has 0 aromatic heterocycles. The smallest absolute Gasteiger partial charge is 0.0215 e. The van der Waals surface area contributed by atoms with Crippen LogP contribution in [0.25, 0.3) is 0 Å². The van der Waals surface area contributed by atoms with E-state index in [1.54, 1.807) is 0 Å². The standard InChI is InChI=1S/C15H32N2/c1-12(11-15(2,3)4)9-14(17-16)10-13-7-5-6-8-13/h12-14,17H,5-11,16H2,1-4H3. The summed E-state index contributed by atoms with van der Waals surface area (Å²) in [7, 11) is 0. The van der Waals surface area contributed by atoms with Crippen molar-refractivity contribution in [2.45, 2.75) is 78.7 Å². The molecule has 2 heteroatoms. The molecule has 102 valence electrons. The molecular formula is C15H32N2. The van der Waals surface area contributed by atoms with Gasteiger partial charge in [-0.05, 0) is 36.5 Å². The zero-order valence-corrected chi connectivity index (χ0v) is 12.3. The van der Waals surface area contributed by atoms with Crippen LogP contribution < -0.4 is 11.3 Å². The Morgan fingerprint density at radius 2 is 1.82 bits per heavy atom. The molecule has 1 rings (SSSR count). The van der Waals surface area contributed by atoms with E-state index in [0.717, 1.165) is 11.8 Å². The number of hydrogen-bond donors (Lipinski definition) is 2. The Morgan fingerprint density at radius 1 is 1.24 bits per heavy atom. The number of nitrogens with two attached hydrogens (primary N) is 1. The Hall–Kier alpha value is -0.0800. The molecule has 0 spiro atoms. The first-order chi connectivity index (χ1) is 7.90. The molecule has 1 aliphatic carbocycles. The first-order valence-electron chi connectivity index (χ1n) is 7.37. The lowest BCUT2D eigenvalue weighted by atomic mass is 9.82. The molecule has 0 aromatic rings. The van der Waals surface area contributed by atoms with Crippen LogP contribution in [-0.4, -0.2) is 6.04 Å². The fourth-order valence-corrected chi connectivity index (χ4v) is 3.50. The summed E-state index contributed by atoms with van der Waals surface area (Å²) in [6.07, 6.45) is 9.50. The highest BCUT2D eigenvalue weighted by atomic mass is 15.2. The van der Waals surface area contributed by atoms with Crippen molar-refractivity contribution < 1.29 is 0 Å². The maximum Gasteiger partial charge on any atom is 0.0215 e. The monoisotopic (exact) mass is 240 g/mol. The van der Waals surface area contributed by atoms with E-state index >= 15 is 0 Å². The minimum absolute atomic E-state index is 0.436. The Morgan fingerprint density at radius 3 is 2.29 bits per heavy atom. The van der Waals surface area contributed by atoms with Crippen molar-refractivity contribution in [3.05, 3.63) is 0 Å². The lowest BCUT2D eigenvalue weighted by Gasteiger charge is -2.27. The van der Waals surface area contributed by atoms with Gasteiger partial charge in [-0.25, -0.2) is 0 Å². The van der Waals surface area contributed by atoms with Gasteiger partial charge in [0.25, 0.3) is 0 Å². The van der Waals surface area contributed by atoms with Gasteiger partial charge in [0.15, 0.2) is 0 Å². The van der Waals surface area contributed by atoms with E-state index in [1.807, 2.05) is 0 Å². The van der Waals surface area contributed by atoms with E-state index in [4.69, 9.17) is 5.84 Å². The van der Waals surface area contributed by atoms with E-state index in [2.05, 4.69) is 33.1 Å². The van der Waals surface area contributed by atoms with Crippen LogP contribution in [0.3, 0.4) is 0 Å². The molecule has 1 saturated carbocycles. The Balaban J connectivity index is 2.29. The van der Waals surface area contributed by atoms with Gasteiger partial charge in [0.2, 0.25) is 0 Å². The fraction of sp³-hybridized carbons (Fsp3) is 1.00. The van der Waals surface area contributed by atoms with Crippen molar-refractivity contribution in [3.8, 4) is 0 Å². The molecule has 0 bridgehead atoms. The second kappa shape index (κ2) is 6.75. The van der Waals surface area contributed by atoms with Crippen molar-refractivity contribution in [2.75, 3.05) is 0 Å². The van der Waals surface area contributed by atoms with Gasteiger partial charge in [-0.3, -0.25) is 11.3 Å². The van der Waals surface area contributed by atoms with Crippen LogP contribution in [-0.2, 0) is 0 Å². The highest BCUT2D eigenvalue weighted by Gasteiger charge is 2.22. The van der Waals surface area contributed by atoms with Gasteiger partial charge in [0, 0.05) is 6.04 Å². The zero-order chi connectivity index (χ0) is 12.9. The van der Waals surface area contributed by atoms with Crippen LogP contribution in [0.4, 0.5) is 0 Å². The molecule has 0 amide bonds. The molecule has 0 aromatic carbocycles. The zero-order valence-electron chi connectivity index (χ0n) is 12.3. The molecule has 17 heavy (non-hydrogen) atoms. The van der Waals surface area contributed by atoms with Crippen LogP contribution in [0, 0.1) is 17.3 Å². The van der Waals surface area contributed by atoms with E-state index in [1.165, 1.54) is 44.9 Å². The van der Waals surface area contributed by atoms with Gasteiger partial charge in [0.1, 0.15) is 0 Å². The second-order valence-corrected chi connectivity index (χ2v) is 7.36. The van der Waals surface area contributed by atoms with E-state index in [9.17, 15) is 0 Å². The summed E-state index contributed by atoms with van der Waals surface area (Å²) in [5.74, 6) is 7.40. The molecule has 0 heterocycles. The molecule has 2 nitrogen and oxygen atoms in total. The summed E-state index contributed by atoms with van der Waals surface area (Å²) in [4.78, 5) is 0. The lowest BCUT2D eigenvalue weighted by Crippen LogP contribution is -2.38. The molecule has 1 fully saturated rings. The Labute approximate surface area is 108 Å². The fourth-order valence-electron chi connectivity index (χ4n) is 3.50. The number of nitrogens with one attached hydrogen (secondary N) is 1. The molecule has 0 radical (unpaired) electrons. The molecule has 2 atom stereocenters. The highest BCUT2D eigenvalue weighted by Crippen LogP contribution is 2.31. The average molecular weight is 240 g/mol. The van der Waals surface area contributed by atoms with E-state index < -0.39 is 0 Å². The predicted octanol–water partition coefficient (Wildman–Crippen LogP) is 3.86. The number of rotatable bonds is 6. The molecule has 0 aliphatic heterocycles. The van der Waals surface area contributed by atoms with Gasteiger partial charge in [-0.1, -0.05) is 53.4 Å². The molecule has 2 unspecified atom stereocenters. The third-order valence-corrected chi connectivity index (χ3v) is 3.98. The lowest BCUT2D eigenvalue weighted by molar-refractivity contribution is 0.259. The predicted molar refractivity (Wildman–Crippen MR) is 75.5 cm³/mol. The van der Waals surface area contributed by atoms with Gasteiger partial charge in [0.05, 0.1) is 0 Å². The first kappa shape index (κ1) is 15.0. The largest absolute Gasteiger partial charge is 0.271 e. The van der Waals surface area contributed by atoms with Crippen molar-refractivity contribution in [3.63, 3.8) is 0 Å². The maximum absolute atomic E-state index is 5.71. The van der Waals surface area contributed by atoms with Gasteiger partial charge in [-0.15, -0.1) is 0 Å². The van der Waals surface area contributed by atoms with Crippen molar-refractivity contribution in [2.24, 2.45) is 23.1 Å². The Bertz CT molecular complexity index is 201. The minimum atomic E-state index is 0.436. The summed E-state index contributed by atoms with van der Waals surface area (Å²) in [5.41, 5.74) is 3.48.